The van der Waals surface area contributed by atoms with Crippen molar-refractivity contribution in [1.29, 1.82) is 5.26 Å². The van der Waals surface area contributed by atoms with Crippen molar-refractivity contribution >= 4 is 23.5 Å². The molecule has 0 spiro atoms. The summed E-state index contributed by atoms with van der Waals surface area (Å²) in [5.74, 6) is -5.00. The molecule has 36 heavy (non-hydrogen) atoms. The maximum absolute atomic E-state index is 15.3. The molecule has 10 nitrogen and oxygen atoms in total. The molecule has 0 aliphatic heterocycles. The molecule has 0 radical (unpaired) electrons. The van der Waals surface area contributed by atoms with Crippen LogP contribution in [0, 0.1) is 17.1 Å². The number of alkyl halides is 2. The molecule has 2 N–H and O–H groups in total. The second-order valence-corrected chi connectivity index (χ2v) is 7.89. The molecule has 2 aromatic carbocycles. The van der Waals surface area contributed by atoms with E-state index in [-0.39, 0.29) is 34.1 Å². The number of aliphatic carboxylic acids is 2. The number of hydrogen-bond donors (Lipinski definition) is 2. The Kier molecular flexibility index (Phi) is 7.69. The summed E-state index contributed by atoms with van der Waals surface area (Å²) in [4.78, 5) is 34.9. The number of carboxylic acids is 2. The summed E-state index contributed by atoms with van der Waals surface area (Å²) in [6, 6.07) is 5.40. The third-order valence-electron chi connectivity index (χ3n) is 5.05. The summed E-state index contributed by atoms with van der Waals surface area (Å²) in [6.45, 7) is 0. The highest BCUT2D eigenvalue weighted by atomic mass is 35.5. The summed E-state index contributed by atoms with van der Waals surface area (Å²) in [5, 5.41) is 31.0. The molecule has 1 heterocycles. The fraction of sp³-hybridized carbons (Fsp3) is 0.227. The third kappa shape index (κ3) is 5.49. The van der Waals surface area contributed by atoms with Crippen LogP contribution in [0.1, 0.15) is 41.4 Å². The Balaban J connectivity index is 1.99. The van der Waals surface area contributed by atoms with Crippen LogP contribution in [0.15, 0.2) is 35.1 Å². The normalized spacial score (nSPS) is 11.8. The van der Waals surface area contributed by atoms with Gasteiger partial charge in [-0.2, -0.15) is 15.0 Å². The molecule has 0 saturated carbocycles. The highest BCUT2D eigenvalue weighted by Crippen LogP contribution is 2.36. The zero-order chi connectivity index (χ0) is 26.7. The number of nitriles is 1. The number of hydrogen-bond acceptors (Lipinski definition) is 6. The van der Waals surface area contributed by atoms with Gasteiger partial charge in [-0.3, -0.25) is 9.36 Å². The molecule has 14 heteroatoms. The molecule has 3 rings (SSSR count). The topological polar surface area (TPSA) is 147 Å². The fourth-order valence-corrected chi connectivity index (χ4v) is 3.45. The minimum absolute atomic E-state index is 0.102. The Hall–Kier alpha value is -4.31. The predicted molar refractivity (Wildman–Crippen MR) is 117 cm³/mol. The monoisotopic (exact) mass is 524 g/mol. The first-order chi connectivity index (χ1) is 16.9. The number of nitrogens with zero attached hydrogens (tertiary/aromatic N) is 4. The molecule has 1 unspecified atom stereocenters. The van der Waals surface area contributed by atoms with Gasteiger partial charge in [0.1, 0.15) is 11.6 Å². The van der Waals surface area contributed by atoms with Crippen molar-refractivity contribution < 1.29 is 37.7 Å². The SMILES string of the molecule is Cn1c(Cc2ccc(Cl)c(Oc3cc(C#N)cc(C(F)F)c3)c2F)nn(C(CC(=O)O)C(=O)O)c1=O. The van der Waals surface area contributed by atoms with Crippen molar-refractivity contribution in [2.24, 2.45) is 7.05 Å². The van der Waals surface area contributed by atoms with E-state index in [0.717, 1.165) is 22.8 Å². The van der Waals surface area contributed by atoms with Crippen LogP contribution in [-0.4, -0.2) is 36.5 Å². The lowest BCUT2D eigenvalue weighted by molar-refractivity contribution is -0.147. The lowest BCUT2D eigenvalue weighted by atomic mass is 10.1. The highest BCUT2D eigenvalue weighted by molar-refractivity contribution is 6.32. The summed E-state index contributed by atoms with van der Waals surface area (Å²) < 4.78 is 48.4. The minimum Gasteiger partial charge on any atom is -0.481 e. The number of carboxylic acid groups (broad SMARTS) is 2. The maximum atomic E-state index is 15.3. The Morgan fingerprint density at radius 2 is 1.94 bits per heavy atom. The van der Waals surface area contributed by atoms with Gasteiger partial charge < -0.3 is 14.9 Å². The van der Waals surface area contributed by atoms with Crippen LogP contribution in [0.25, 0.3) is 0 Å². The van der Waals surface area contributed by atoms with Gasteiger partial charge >= 0.3 is 17.6 Å². The van der Waals surface area contributed by atoms with Crippen molar-refractivity contribution in [1.82, 2.24) is 14.3 Å². The van der Waals surface area contributed by atoms with Crippen molar-refractivity contribution in [3.8, 4) is 17.6 Å². The van der Waals surface area contributed by atoms with Crippen molar-refractivity contribution in [3.63, 3.8) is 0 Å². The molecular formula is C22H16ClF3N4O6. The number of aromatic nitrogens is 3. The Bertz CT molecular complexity index is 1450. The van der Waals surface area contributed by atoms with Gasteiger partial charge in [0, 0.05) is 19.0 Å². The first-order valence-corrected chi connectivity index (χ1v) is 10.4. The van der Waals surface area contributed by atoms with E-state index in [2.05, 4.69) is 5.10 Å². The standard InChI is InChI=1S/C22H16ClF3N4O6/c1-29-16(28-30(22(29)35)15(21(33)34)8-17(31)32)7-11-2-3-14(23)19(18(11)24)36-13-5-10(9-27)4-12(6-13)20(25)26/h2-6,15,20H,7-8H2,1H3,(H,31,32)(H,33,34). The molecular weight excluding hydrogens is 509 g/mol. The van der Waals surface area contributed by atoms with Gasteiger partial charge in [-0.15, -0.1) is 0 Å². The van der Waals surface area contributed by atoms with Crippen molar-refractivity contribution in [2.75, 3.05) is 0 Å². The smallest absolute Gasteiger partial charge is 0.346 e. The minimum atomic E-state index is -2.92. The maximum Gasteiger partial charge on any atom is 0.346 e. The average Bonchev–Trinajstić information content (AvgIpc) is 3.09. The molecule has 0 fully saturated rings. The molecule has 188 valence electrons. The van der Waals surface area contributed by atoms with Gasteiger partial charge in [0.05, 0.1) is 23.1 Å². The number of benzene rings is 2. The molecule has 0 bridgehead atoms. The van der Waals surface area contributed by atoms with Gasteiger partial charge in [0.15, 0.2) is 17.6 Å². The van der Waals surface area contributed by atoms with Crippen LogP contribution in [0.4, 0.5) is 13.2 Å². The van der Waals surface area contributed by atoms with E-state index in [1.54, 1.807) is 6.07 Å². The van der Waals surface area contributed by atoms with E-state index in [9.17, 15) is 28.3 Å². The zero-order valence-corrected chi connectivity index (χ0v) is 19.0. The Labute approximate surface area is 205 Å². The summed E-state index contributed by atoms with van der Waals surface area (Å²) in [6.07, 6.45) is -4.20. The molecule has 0 aliphatic carbocycles. The lowest BCUT2D eigenvalue weighted by Crippen LogP contribution is -2.32. The van der Waals surface area contributed by atoms with Crippen LogP contribution in [-0.2, 0) is 23.1 Å². The number of carbonyl (C=O) groups is 2. The molecule has 1 atom stereocenters. The van der Waals surface area contributed by atoms with E-state index < -0.39 is 53.6 Å². The first kappa shape index (κ1) is 26.3. The Morgan fingerprint density at radius 3 is 2.53 bits per heavy atom. The molecule has 1 aromatic heterocycles. The summed E-state index contributed by atoms with van der Waals surface area (Å²) in [5.41, 5.74) is -1.71. The molecule has 0 saturated heterocycles. The summed E-state index contributed by atoms with van der Waals surface area (Å²) >= 11 is 6.04. The average molecular weight is 525 g/mol. The van der Waals surface area contributed by atoms with Crippen LogP contribution in [0.5, 0.6) is 11.5 Å². The van der Waals surface area contributed by atoms with E-state index >= 15 is 4.39 Å². The Morgan fingerprint density at radius 1 is 1.25 bits per heavy atom. The van der Waals surface area contributed by atoms with Crippen LogP contribution in [0.2, 0.25) is 5.02 Å². The first-order valence-electron chi connectivity index (χ1n) is 9.99. The van der Waals surface area contributed by atoms with Crippen molar-refractivity contribution in [2.45, 2.75) is 25.3 Å². The van der Waals surface area contributed by atoms with E-state index in [0.29, 0.717) is 4.68 Å². The van der Waals surface area contributed by atoms with Gasteiger partial charge in [-0.05, 0) is 29.8 Å². The summed E-state index contributed by atoms with van der Waals surface area (Å²) in [7, 11) is 1.24. The van der Waals surface area contributed by atoms with Crippen LogP contribution >= 0.6 is 11.6 Å². The molecule has 3 aromatic rings. The molecule has 0 aliphatic rings. The zero-order valence-electron chi connectivity index (χ0n) is 18.3. The predicted octanol–water partition coefficient (Wildman–Crippen LogP) is 3.67. The molecule has 0 amide bonds. The third-order valence-corrected chi connectivity index (χ3v) is 5.35. The van der Waals surface area contributed by atoms with Gasteiger partial charge in [0.25, 0.3) is 6.43 Å². The largest absolute Gasteiger partial charge is 0.481 e. The highest BCUT2D eigenvalue weighted by Gasteiger charge is 2.28. The van der Waals surface area contributed by atoms with Gasteiger partial charge in [-0.25, -0.2) is 22.8 Å². The number of halogens is 4. The van der Waals surface area contributed by atoms with Crippen molar-refractivity contribution in [3.05, 3.63) is 74.2 Å². The van der Waals surface area contributed by atoms with Crippen LogP contribution < -0.4 is 10.4 Å². The van der Waals surface area contributed by atoms with Gasteiger partial charge in [-0.1, -0.05) is 17.7 Å². The number of ether oxygens (including phenoxy) is 1. The second kappa shape index (κ2) is 10.5. The fourth-order valence-electron chi connectivity index (χ4n) is 3.26. The quantitative estimate of drug-likeness (QED) is 0.431. The van der Waals surface area contributed by atoms with E-state index in [1.165, 1.54) is 19.2 Å². The van der Waals surface area contributed by atoms with E-state index in [4.69, 9.17) is 26.7 Å². The number of rotatable bonds is 9. The second-order valence-electron chi connectivity index (χ2n) is 7.49. The van der Waals surface area contributed by atoms with Gasteiger partial charge in [0.2, 0.25) is 0 Å². The lowest BCUT2D eigenvalue weighted by Gasteiger charge is -2.13. The van der Waals surface area contributed by atoms with E-state index in [1.807, 2.05) is 0 Å². The van der Waals surface area contributed by atoms with Crippen LogP contribution in [0.3, 0.4) is 0 Å².